The molecule has 2 heterocycles. The summed E-state index contributed by atoms with van der Waals surface area (Å²) >= 11 is 0. The highest BCUT2D eigenvalue weighted by atomic mass is 16.2. The van der Waals surface area contributed by atoms with Crippen LogP contribution in [0.1, 0.15) is 6.42 Å². The van der Waals surface area contributed by atoms with Gasteiger partial charge < -0.3 is 10.6 Å². The molecule has 1 aromatic carbocycles. The van der Waals surface area contributed by atoms with Crippen LogP contribution in [0.5, 0.6) is 0 Å². The molecule has 2 N–H and O–H groups in total. The zero-order chi connectivity index (χ0) is 14.1. The Kier molecular flexibility index (Phi) is 2.90. The number of hydrogen-bond acceptors (Lipinski definition) is 5. The number of carbonyl (C=O) groups is 2. The molecule has 0 aliphatic carbocycles. The van der Waals surface area contributed by atoms with Gasteiger partial charge in [-0.2, -0.15) is 4.68 Å². The predicted octanol–water partition coefficient (Wildman–Crippen LogP) is -0.500. The average Bonchev–Trinajstić information content (AvgIpc) is 3.08. The van der Waals surface area contributed by atoms with Gasteiger partial charge in [0.2, 0.25) is 11.8 Å². The van der Waals surface area contributed by atoms with E-state index in [2.05, 4.69) is 15.5 Å². The predicted molar refractivity (Wildman–Crippen MR) is 68.8 cm³/mol. The molecule has 8 heteroatoms. The molecule has 0 radical (unpaired) electrons. The molecule has 8 nitrogen and oxygen atoms in total. The second-order valence-corrected chi connectivity index (χ2v) is 4.55. The summed E-state index contributed by atoms with van der Waals surface area (Å²) in [6.45, 7) is 0.285. The standard InChI is InChI=1S/C12H12N6O2/c13-12(20)8-5-11(19)17(6-8)9-3-1-2-4-10(9)18-7-14-15-16-18/h1-4,7-8H,5-6H2,(H2,13,20). The van der Waals surface area contributed by atoms with Gasteiger partial charge in [0, 0.05) is 13.0 Å². The zero-order valence-corrected chi connectivity index (χ0v) is 10.5. The van der Waals surface area contributed by atoms with Gasteiger partial charge in [-0.3, -0.25) is 9.59 Å². The second kappa shape index (κ2) is 4.72. The fourth-order valence-corrected chi connectivity index (χ4v) is 2.29. The van der Waals surface area contributed by atoms with Crippen LogP contribution in [0.4, 0.5) is 5.69 Å². The van der Waals surface area contributed by atoms with Crippen molar-refractivity contribution in [3.63, 3.8) is 0 Å². The van der Waals surface area contributed by atoms with Crippen LogP contribution in [-0.2, 0) is 9.59 Å². The molecule has 1 fully saturated rings. The van der Waals surface area contributed by atoms with Crippen LogP contribution in [0.15, 0.2) is 30.6 Å². The molecule has 102 valence electrons. The Hall–Kier alpha value is -2.77. The van der Waals surface area contributed by atoms with Gasteiger partial charge in [0.25, 0.3) is 0 Å². The Morgan fingerprint density at radius 3 is 2.65 bits per heavy atom. The zero-order valence-electron chi connectivity index (χ0n) is 10.5. The van der Waals surface area contributed by atoms with E-state index in [1.165, 1.54) is 11.0 Å². The first-order valence-corrected chi connectivity index (χ1v) is 6.09. The minimum Gasteiger partial charge on any atom is -0.369 e. The van der Waals surface area contributed by atoms with Crippen molar-refractivity contribution in [2.45, 2.75) is 6.42 Å². The molecule has 0 bridgehead atoms. The molecule has 1 aliphatic heterocycles. The summed E-state index contributed by atoms with van der Waals surface area (Å²) in [5.74, 6) is -1.04. The van der Waals surface area contributed by atoms with Crippen LogP contribution in [0.2, 0.25) is 0 Å². The van der Waals surface area contributed by atoms with Crippen molar-refractivity contribution in [2.24, 2.45) is 11.7 Å². The van der Waals surface area contributed by atoms with Crippen LogP contribution in [0.25, 0.3) is 5.69 Å². The number of benzene rings is 1. The summed E-state index contributed by atoms with van der Waals surface area (Å²) in [5.41, 5.74) is 6.62. The van der Waals surface area contributed by atoms with Crippen LogP contribution in [-0.4, -0.2) is 38.6 Å². The lowest BCUT2D eigenvalue weighted by molar-refractivity contribution is -0.123. The normalized spacial score (nSPS) is 18.5. The van der Waals surface area contributed by atoms with Crippen molar-refractivity contribution in [2.75, 3.05) is 11.4 Å². The average molecular weight is 272 g/mol. The van der Waals surface area contributed by atoms with Gasteiger partial charge in [0.05, 0.1) is 17.3 Å². The third-order valence-electron chi connectivity index (χ3n) is 3.30. The summed E-state index contributed by atoms with van der Waals surface area (Å²) in [4.78, 5) is 24.9. The van der Waals surface area contributed by atoms with E-state index in [9.17, 15) is 9.59 Å². The number of carbonyl (C=O) groups excluding carboxylic acids is 2. The minimum atomic E-state index is -0.458. The van der Waals surface area contributed by atoms with Gasteiger partial charge in [-0.15, -0.1) is 5.10 Å². The fourth-order valence-electron chi connectivity index (χ4n) is 2.29. The molecule has 0 spiro atoms. The highest BCUT2D eigenvalue weighted by Gasteiger charge is 2.35. The summed E-state index contributed by atoms with van der Waals surface area (Å²) in [7, 11) is 0. The van der Waals surface area contributed by atoms with E-state index in [4.69, 9.17) is 5.73 Å². The summed E-state index contributed by atoms with van der Waals surface area (Å²) < 4.78 is 1.47. The molecule has 3 rings (SSSR count). The first-order chi connectivity index (χ1) is 9.66. The molecule has 1 unspecified atom stereocenters. The number of primary amides is 1. The number of hydrogen-bond donors (Lipinski definition) is 1. The lowest BCUT2D eigenvalue weighted by Gasteiger charge is -2.19. The smallest absolute Gasteiger partial charge is 0.227 e. The lowest BCUT2D eigenvalue weighted by atomic mass is 10.1. The van der Waals surface area contributed by atoms with Crippen LogP contribution in [0, 0.1) is 5.92 Å². The largest absolute Gasteiger partial charge is 0.369 e. The Bertz CT molecular complexity index is 654. The van der Waals surface area contributed by atoms with Crippen LogP contribution in [0.3, 0.4) is 0 Å². The van der Waals surface area contributed by atoms with Crippen molar-refractivity contribution >= 4 is 17.5 Å². The van der Waals surface area contributed by atoms with Gasteiger partial charge in [0.15, 0.2) is 0 Å². The third kappa shape index (κ3) is 2.00. The van der Waals surface area contributed by atoms with Gasteiger partial charge in [-0.1, -0.05) is 12.1 Å². The van der Waals surface area contributed by atoms with Crippen molar-refractivity contribution in [1.82, 2.24) is 20.2 Å². The van der Waals surface area contributed by atoms with E-state index in [0.717, 1.165) is 0 Å². The summed E-state index contributed by atoms with van der Waals surface area (Å²) in [6, 6.07) is 7.23. The monoisotopic (exact) mass is 272 g/mol. The molecular formula is C12H12N6O2. The van der Waals surface area contributed by atoms with Crippen LogP contribution < -0.4 is 10.6 Å². The number of aromatic nitrogens is 4. The van der Waals surface area contributed by atoms with Crippen molar-refractivity contribution in [1.29, 1.82) is 0 Å². The molecule has 2 aromatic rings. The van der Waals surface area contributed by atoms with Crippen molar-refractivity contribution in [3.05, 3.63) is 30.6 Å². The van der Waals surface area contributed by atoms with Gasteiger partial charge in [-0.25, -0.2) is 0 Å². The Morgan fingerprint density at radius 1 is 1.30 bits per heavy atom. The van der Waals surface area contributed by atoms with Gasteiger partial charge in [-0.05, 0) is 22.6 Å². The highest BCUT2D eigenvalue weighted by Crippen LogP contribution is 2.29. The first kappa shape index (κ1) is 12.3. The number of anilines is 1. The lowest BCUT2D eigenvalue weighted by Crippen LogP contribution is -2.29. The highest BCUT2D eigenvalue weighted by molar-refractivity contribution is 6.01. The Labute approximate surface area is 114 Å². The maximum absolute atomic E-state index is 12.1. The number of para-hydroxylation sites is 2. The van der Waals surface area contributed by atoms with Crippen molar-refractivity contribution < 1.29 is 9.59 Å². The minimum absolute atomic E-state index is 0.130. The molecule has 1 atom stereocenters. The van der Waals surface area contributed by atoms with E-state index in [1.54, 1.807) is 17.0 Å². The Morgan fingerprint density at radius 2 is 2.05 bits per heavy atom. The molecule has 1 aromatic heterocycles. The van der Waals surface area contributed by atoms with Crippen molar-refractivity contribution in [3.8, 4) is 5.69 Å². The quantitative estimate of drug-likeness (QED) is 0.810. The first-order valence-electron chi connectivity index (χ1n) is 6.09. The van der Waals surface area contributed by atoms with E-state index < -0.39 is 11.8 Å². The SMILES string of the molecule is NC(=O)C1CC(=O)N(c2ccccc2-n2cnnn2)C1. The molecule has 1 aliphatic rings. The number of nitrogens with two attached hydrogens (primary N) is 1. The Balaban J connectivity index is 1.99. The van der Waals surface area contributed by atoms with Gasteiger partial charge >= 0.3 is 0 Å². The number of tetrazole rings is 1. The van der Waals surface area contributed by atoms with Gasteiger partial charge in [0.1, 0.15) is 6.33 Å². The maximum Gasteiger partial charge on any atom is 0.227 e. The number of amides is 2. The van der Waals surface area contributed by atoms with E-state index in [0.29, 0.717) is 11.4 Å². The second-order valence-electron chi connectivity index (χ2n) is 4.55. The fraction of sp³-hybridized carbons (Fsp3) is 0.250. The summed E-state index contributed by atoms with van der Waals surface area (Å²) in [5, 5.41) is 11.0. The molecule has 2 amide bonds. The number of nitrogens with zero attached hydrogens (tertiary/aromatic N) is 5. The van der Waals surface area contributed by atoms with Crippen LogP contribution >= 0.6 is 0 Å². The maximum atomic E-state index is 12.1. The molecule has 0 saturated carbocycles. The molecule has 20 heavy (non-hydrogen) atoms. The number of rotatable bonds is 3. The topological polar surface area (TPSA) is 107 Å². The molecular weight excluding hydrogens is 260 g/mol. The van der Waals surface area contributed by atoms with E-state index >= 15 is 0 Å². The third-order valence-corrected chi connectivity index (χ3v) is 3.30. The van der Waals surface area contributed by atoms with E-state index in [-0.39, 0.29) is 18.9 Å². The molecule has 1 saturated heterocycles. The van der Waals surface area contributed by atoms with E-state index in [1.807, 2.05) is 12.1 Å². The summed E-state index contributed by atoms with van der Waals surface area (Å²) in [6.07, 6.45) is 1.59.